The van der Waals surface area contributed by atoms with Gasteiger partial charge in [-0.1, -0.05) is 34.6 Å². The first-order chi connectivity index (χ1) is 7.95. The van der Waals surface area contributed by atoms with E-state index in [-0.39, 0.29) is 23.5 Å². The van der Waals surface area contributed by atoms with Crippen molar-refractivity contribution in [2.45, 2.75) is 59.2 Å². The summed E-state index contributed by atoms with van der Waals surface area (Å²) < 4.78 is 5.54. The van der Waals surface area contributed by atoms with E-state index in [2.05, 4.69) is 26.1 Å². The molecular weight excluding hydrogens is 246 g/mol. The maximum Gasteiger partial charge on any atom is 0.312 e. The molecule has 0 rings (SSSR count). The van der Waals surface area contributed by atoms with Gasteiger partial charge in [0.25, 0.3) is 8.32 Å². The van der Waals surface area contributed by atoms with Gasteiger partial charge in [-0.15, -0.1) is 0 Å². The first-order valence-electron chi connectivity index (χ1n) is 6.44. The van der Waals surface area contributed by atoms with Crippen molar-refractivity contribution in [3.8, 4) is 0 Å². The molecule has 0 bridgehead atoms. The predicted molar refractivity (Wildman–Crippen MR) is 75.8 cm³/mol. The lowest BCUT2D eigenvalue weighted by atomic mass is 10.1. The second kappa shape index (κ2) is 6.36. The van der Waals surface area contributed by atoms with Gasteiger partial charge in [-0.25, -0.2) is 0 Å². The van der Waals surface area contributed by atoms with Crippen LogP contribution in [0.3, 0.4) is 0 Å². The van der Waals surface area contributed by atoms with Crippen LogP contribution in [0.25, 0.3) is 0 Å². The Hall–Kier alpha value is -0.843. The molecule has 0 atom stereocenters. The highest BCUT2D eigenvalue weighted by molar-refractivity contribution is 6.75. The van der Waals surface area contributed by atoms with E-state index >= 15 is 0 Å². The van der Waals surface area contributed by atoms with Gasteiger partial charge in [-0.2, -0.15) is 0 Å². The zero-order valence-electron chi connectivity index (χ0n) is 12.7. The molecule has 0 aliphatic rings. The van der Waals surface area contributed by atoms with Gasteiger partial charge in [0.1, 0.15) is 6.54 Å². The summed E-state index contributed by atoms with van der Waals surface area (Å²) in [5.41, 5.74) is 0. The lowest BCUT2D eigenvalue weighted by Gasteiger charge is -2.35. The monoisotopic (exact) mass is 273 g/mol. The van der Waals surface area contributed by atoms with E-state index < -0.39 is 8.32 Å². The van der Waals surface area contributed by atoms with Gasteiger partial charge in [0.2, 0.25) is 5.91 Å². The fourth-order valence-corrected chi connectivity index (χ4v) is 2.04. The molecule has 0 heterocycles. The molecule has 1 N–H and O–H groups in total. The van der Waals surface area contributed by atoms with Crippen molar-refractivity contribution >= 4 is 20.2 Å². The largest absolute Gasteiger partial charge is 0.518 e. The highest BCUT2D eigenvalue weighted by Crippen LogP contribution is 2.36. The number of carbonyl (C=O) groups excluding carboxylic acids is 2. The van der Waals surface area contributed by atoms with E-state index in [0.29, 0.717) is 12.3 Å². The van der Waals surface area contributed by atoms with Gasteiger partial charge in [-0.3, -0.25) is 9.59 Å². The Bertz CT molecular complexity index is 306. The molecule has 0 aliphatic heterocycles. The van der Waals surface area contributed by atoms with Crippen LogP contribution < -0.4 is 5.32 Å². The van der Waals surface area contributed by atoms with Crippen molar-refractivity contribution in [1.29, 1.82) is 0 Å². The van der Waals surface area contributed by atoms with E-state index in [1.54, 1.807) is 0 Å². The maximum atomic E-state index is 11.7. The Morgan fingerprint density at radius 1 is 1.22 bits per heavy atom. The zero-order valence-corrected chi connectivity index (χ0v) is 13.7. The zero-order chi connectivity index (χ0) is 14.6. The van der Waals surface area contributed by atoms with Crippen molar-refractivity contribution in [2.75, 3.05) is 6.54 Å². The molecular formula is C13H27NO3Si. The molecule has 106 valence electrons. The van der Waals surface area contributed by atoms with Crippen LogP contribution in [0.1, 0.15) is 41.0 Å². The number of nitrogens with one attached hydrogen (secondary N) is 1. The Morgan fingerprint density at radius 3 is 2.11 bits per heavy atom. The van der Waals surface area contributed by atoms with Gasteiger partial charge in [0.05, 0.1) is 0 Å². The highest BCUT2D eigenvalue weighted by Gasteiger charge is 2.40. The molecule has 0 spiro atoms. The Kier molecular flexibility index (Phi) is 6.06. The van der Waals surface area contributed by atoms with Gasteiger partial charge >= 0.3 is 5.97 Å². The first kappa shape index (κ1) is 17.2. The average molecular weight is 273 g/mol. The van der Waals surface area contributed by atoms with Crippen LogP contribution in [0.5, 0.6) is 0 Å². The van der Waals surface area contributed by atoms with E-state index in [9.17, 15) is 9.59 Å². The van der Waals surface area contributed by atoms with Crippen molar-refractivity contribution in [1.82, 2.24) is 5.32 Å². The Balaban J connectivity index is 4.18. The molecule has 0 aromatic rings. The molecule has 0 aliphatic carbocycles. The van der Waals surface area contributed by atoms with Crippen molar-refractivity contribution < 1.29 is 14.0 Å². The summed E-state index contributed by atoms with van der Waals surface area (Å²) in [6.07, 6.45) is 0.438. The topological polar surface area (TPSA) is 55.4 Å². The second-order valence-electron chi connectivity index (χ2n) is 6.61. The summed E-state index contributed by atoms with van der Waals surface area (Å²) in [5.74, 6) is -0.141. The predicted octanol–water partition coefficient (Wildman–Crippen LogP) is 2.70. The number of hydrogen-bond donors (Lipinski definition) is 1. The van der Waals surface area contributed by atoms with E-state index in [1.807, 2.05) is 26.9 Å². The lowest BCUT2D eigenvalue weighted by Crippen LogP contribution is -2.45. The van der Waals surface area contributed by atoms with Crippen LogP contribution in [0.15, 0.2) is 0 Å². The van der Waals surface area contributed by atoms with Crippen LogP contribution in [-0.2, 0) is 14.0 Å². The van der Waals surface area contributed by atoms with E-state index in [0.717, 1.165) is 0 Å². The minimum Gasteiger partial charge on any atom is -0.518 e. The summed E-state index contributed by atoms with van der Waals surface area (Å²) in [7, 11) is -2.07. The third-order valence-electron chi connectivity index (χ3n) is 3.20. The number of amides is 1. The quantitative estimate of drug-likeness (QED) is 0.784. The second-order valence-corrected chi connectivity index (χ2v) is 11.3. The maximum absolute atomic E-state index is 11.7. The molecule has 5 heteroatoms. The molecule has 1 amide bonds. The number of rotatable bonds is 5. The molecule has 4 nitrogen and oxygen atoms in total. The minimum absolute atomic E-state index is 0.00932. The van der Waals surface area contributed by atoms with Gasteiger partial charge in [0.15, 0.2) is 0 Å². The smallest absolute Gasteiger partial charge is 0.312 e. The van der Waals surface area contributed by atoms with E-state index in [1.165, 1.54) is 0 Å². The Labute approximate surface area is 112 Å². The van der Waals surface area contributed by atoms with Gasteiger partial charge < -0.3 is 9.74 Å². The standard InChI is InChI=1S/C13H27NO3Si/c1-10(2)8-11(15)14-9-12(16)17-18(6,7)13(3,4)5/h10H,8-9H2,1-7H3,(H,14,15). The number of carbonyl (C=O) groups is 2. The molecule has 0 saturated carbocycles. The third-order valence-corrected chi connectivity index (χ3v) is 7.55. The lowest BCUT2D eigenvalue weighted by molar-refractivity contribution is -0.136. The summed E-state index contributed by atoms with van der Waals surface area (Å²) in [5, 5.41) is 2.59. The van der Waals surface area contributed by atoms with E-state index in [4.69, 9.17) is 4.43 Å². The van der Waals surface area contributed by atoms with Gasteiger partial charge in [0, 0.05) is 6.42 Å². The summed E-state index contributed by atoms with van der Waals surface area (Å²) in [6, 6.07) is 0. The molecule has 0 saturated heterocycles. The van der Waals surface area contributed by atoms with Crippen LogP contribution in [0.2, 0.25) is 18.1 Å². The van der Waals surface area contributed by atoms with Gasteiger partial charge in [-0.05, 0) is 24.1 Å². The third kappa shape index (κ3) is 6.19. The molecule has 0 aromatic heterocycles. The van der Waals surface area contributed by atoms with Crippen LogP contribution in [-0.4, -0.2) is 26.7 Å². The van der Waals surface area contributed by atoms with Crippen LogP contribution >= 0.6 is 0 Å². The normalized spacial score (nSPS) is 12.4. The molecule has 0 aromatic carbocycles. The minimum atomic E-state index is -2.07. The fraction of sp³-hybridized carbons (Fsp3) is 0.846. The molecule has 0 unspecified atom stereocenters. The SMILES string of the molecule is CC(C)CC(=O)NCC(=O)O[Si](C)(C)C(C)(C)C. The summed E-state index contributed by atoms with van der Waals surface area (Å²) in [4.78, 5) is 23.1. The summed E-state index contributed by atoms with van der Waals surface area (Å²) >= 11 is 0. The average Bonchev–Trinajstić information content (AvgIpc) is 2.11. The first-order valence-corrected chi connectivity index (χ1v) is 9.35. The van der Waals surface area contributed by atoms with Crippen molar-refractivity contribution in [3.05, 3.63) is 0 Å². The molecule has 0 fully saturated rings. The van der Waals surface area contributed by atoms with Crippen LogP contribution in [0, 0.1) is 5.92 Å². The highest BCUT2D eigenvalue weighted by atomic mass is 28.4. The van der Waals surface area contributed by atoms with Crippen molar-refractivity contribution in [2.24, 2.45) is 5.92 Å². The fourth-order valence-electron chi connectivity index (χ4n) is 1.09. The van der Waals surface area contributed by atoms with Crippen molar-refractivity contribution in [3.63, 3.8) is 0 Å². The molecule has 0 radical (unpaired) electrons. The number of hydrogen-bond acceptors (Lipinski definition) is 3. The Morgan fingerprint density at radius 2 is 1.72 bits per heavy atom. The van der Waals surface area contributed by atoms with Crippen LogP contribution in [0.4, 0.5) is 0 Å². The summed E-state index contributed by atoms with van der Waals surface area (Å²) in [6.45, 7) is 14.2. The molecule has 18 heavy (non-hydrogen) atoms.